The average molecular weight is 367 g/mol. The van der Waals surface area contributed by atoms with Crippen LogP contribution in [0.5, 0.6) is 0 Å². The minimum atomic E-state index is -0.561. The van der Waals surface area contributed by atoms with Crippen LogP contribution in [0.1, 0.15) is 5.56 Å². The summed E-state index contributed by atoms with van der Waals surface area (Å²) in [7, 11) is 1.59. The smallest absolute Gasteiger partial charge is 0.348 e. The van der Waals surface area contributed by atoms with Crippen molar-refractivity contribution in [2.75, 3.05) is 25.6 Å². The maximum absolute atomic E-state index is 14.5. The minimum absolute atomic E-state index is 0.220. The Balaban J connectivity index is 2.08. The molecule has 4 aromatic rings. The first-order valence-corrected chi connectivity index (χ1v) is 8.58. The maximum Gasteiger partial charge on any atom is 0.348 e. The van der Waals surface area contributed by atoms with Gasteiger partial charge in [-0.1, -0.05) is 30.3 Å². The number of rotatable bonds is 5. The highest BCUT2D eigenvalue weighted by molar-refractivity contribution is 6.10. The molecule has 27 heavy (non-hydrogen) atoms. The number of hydrogen-bond donors (Lipinski definition) is 1. The van der Waals surface area contributed by atoms with Crippen LogP contribution in [0.15, 0.2) is 56.1 Å². The van der Waals surface area contributed by atoms with E-state index in [0.29, 0.717) is 41.2 Å². The molecule has 5 nitrogen and oxygen atoms in total. The number of furan rings is 1. The van der Waals surface area contributed by atoms with E-state index in [-0.39, 0.29) is 10.9 Å². The number of ether oxygens (including phenoxy) is 1. The molecule has 0 amide bonds. The van der Waals surface area contributed by atoms with E-state index in [1.807, 2.05) is 25.1 Å². The third-order valence-electron chi connectivity index (χ3n) is 4.50. The minimum Gasteiger partial charge on any atom is -0.439 e. The van der Waals surface area contributed by atoms with Gasteiger partial charge in [0.1, 0.15) is 16.8 Å². The van der Waals surface area contributed by atoms with Gasteiger partial charge >= 0.3 is 5.63 Å². The van der Waals surface area contributed by atoms with E-state index in [2.05, 4.69) is 5.32 Å². The highest BCUT2D eigenvalue weighted by atomic mass is 19.1. The van der Waals surface area contributed by atoms with Gasteiger partial charge in [-0.25, -0.2) is 9.18 Å². The summed E-state index contributed by atoms with van der Waals surface area (Å²) >= 11 is 0. The standard InChI is InChI=1S/C21H18FNO4/c1-12-6-5-8-14-18(12)27-21(24)17-16(13-7-3-4-9-15(13)22)20(26-19(14)17)23-10-11-25-2/h3-9,23H,10-11H2,1-2H3. The lowest BCUT2D eigenvalue weighted by atomic mass is 10.0. The molecular weight excluding hydrogens is 349 g/mol. The summed E-state index contributed by atoms with van der Waals surface area (Å²) in [4.78, 5) is 12.8. The van der Waals surface area contributed by atoms with Crippen molar-refractivity contribution in [1.29, 1.82) is 0 Å². The van der Waals surface area contributed by atoms with Gasteiger partial charge in [0.2, 0.25) is 5.88 Å². The van der Waals surface area contributed by atoms with Gasteiger partial charge < -0.3 is 18.9 Å². The SMILES string of the molecule is COCCNc1oc2c(c1-c1ccccc1F)c(=O)oc1c(C)cccc12. The van der Waals surface area contributed by atoms with E-state index in [1.165, 1.54) is 6.07 Å². The van der Waals surface area contributed by atoms with E-state index in [1.54, 1.807) is 25.3 Å². The number of para-hydroxylation sites is 1. The molecule has 0 aliphatic heterocycles. The van der Waals surface area contributed by atoms with E-state index >= 15 is 0 Å². The molecule has 0 radical (unpaired) electrons. The maximum atomic E-state index is 14.5. The summed E-state index contributed by atoms with van der Waals surface area (Å²) in [6, 6.07) is 11.8. The first kappa shape index (κ1) is 17.3. The van der Waals surface area contributed by atoms with E-state index in [9.17, 15) is 9.18 Å². The van der Waals surface area contributed by atoms with Crippen LogP contribution in [0.2, 0.25) is 0 Å². The highest BCUT2D eigenvalue weighted by Gasteiger charge is 2.24. The molecule has 0 saturated carbocycles. The topological polar surface area (TPSA) is 64.6 Å². The molecule has 2 heterocycles. The van der Waals surface area contributed by atoms with Gasteiger partial charge in [-0.05, 0) is 24.6 Å². The Morgan fingerprint density at radius 3 is 2.67 bits per heavy atom. The van der Waals surface area contributed by atoms with Gasteiger partial charge in [0.25, 0.3) is 0 Å². The Labute approximate surface area is 154 Å². The van der Waals surface area contributed by atoms with Crippen LogP contribution in [0.4, 0.5) is 10.3 Å². The molecule has 0 aliphatic rings. The van der Waals surface area contributed by atoms with Crippen LogP contribution in [-0.2, 0) is 4.74 Å². The third-order valence-corrected chi connectivity index (χ3v) is 4.50. The highest BCUT2D eigenvalue weighted by Crippen LogP contribution is 2.40. The fourth-order valence-corrected chi connectivity index (χ4v) is 3.24. The van der Waals surface area contributed by atoms with Crippen LogP contribution in [-0.4, -0.2) is 20.3 Å². The Morgan fingerprint density at radius 2 is 1.89 bits per heavy atom. The lowest BCUT2D eigenvalue weighted by molar-refractivity contribution is 0.210. The van der Waals surface area contributed by atoms with E-state index in [4.69, 9.17) is 13.6 Å². The number of benzene rings is 2. The molecule has 0 unspecified atom stereocenters. The second kappa shape index (κ2) is 6.89. The number of methoxy groups -OCH3 is 1. The first-order chi connectivity index (χ1) is 13.1. The summed E-state index contributed by atoms with van der Waals surface area (Å²) in [6.45, 7) is 2.73. The van der Waals surface area contributed by atoms with Gasteiger partial charge in [-0.15, -0.1) is 0 Å². The van der Waals surface area contributed by atoms with Gasteiger partial charge in [0.15, 0.2) is 5.58 Å². The van der Waals surface area contributed by atoms with Crippen molar-refractivity contribution in [3.05, 3.63) is 64.3 Å². The van der Waals surface area contributed by atoms with Crippen molar-refractivity contribution in [3.8, 4) is 11.1 Å². The monoisotopic (exact) mass is 367 g/mol. The van der Waals surface area contributed by atoms with Crippen molar-refractivity contribution in [3.63, 3.8) is 0 Å². The summed E-state index contributed by atoms with van der Waals surface area (Å²) in [5.74, 6) is -0.132. The zero-order valence-electron chi connectivity index (χ0n) is 15.0. The Kier molecular flexibility index (Phi) is 4.41. The van der Waals surface area contributed by atoms with Gasteiger partial charge in [0.05, 0.1) is 17.6 Å². The molecule has 0 atom stereocenters. The van der Waals surface area contributed by atoms with E-state index in [0.717, 1.165) is 5.56 Å². The van der Waals surface area contributed by atoms with Crippen molar-refractivity contribution in [2.45, 2.75) is 6.92 Å². The van der Waals surface area contributed by atoms with Crippen LogP contribution < -0.4 is 10.9 Å². The molecule has 2 aromatic heterocycles. The third kappa shape index (κ3) is 2.88. The number of halogens is 1. The van der Waals surface area contributed by atoms with Crippen molar-refractivity contribution in [2.24, 2.45) is 0 Å². The summed E-state index contributed by atoms with van der Waals surface area (Å²) in [6.07, 6.45) is 0. The van der Waals surface area contributed by atoms with Crippen LogP contribution in [0, 0.1) is 12.7 Å². The zero-order valence-corrected chi connectivity index (χ0v) is 15.0. The fourth-order valence-electron chi connectivity index (χ4n) is 3.24. The lowest BCUT2D eigenvalue weighted by Crippen LogP contribution is -2.08. The summed E-state index contributed by atoms with van der Waals surface area (Å²) in [5.41, 5.74) is 1.74. The number of nitrogens with one attached hydrogen (secondary N) is 1. The van der Waals surface area contributed by atoms with Crippen LogP contribution in [0.3, 0.4) is 0 Å². The molecular formula is C21H18FNO4. The Bertz CT molecular complexity index is 1190. The molecule has 0 saturated heterocycles. The molecule has 0 aliphatic carbocycles. The Hall–Kier alpha value is -3.12. The normalized spacial score (nSPS) is 11.4. The molecule has 0 fully saturated rings. The average Bonchev–Trinajstić information content (AvgIpc) is 3.04. The van der Waals surface area contributed by atoms with Gasteiger partial charge in [-0.2, -0.15) is 0 Å². The largest absolute Gasteiger partial charge is 0.439 e. The van der Waals surface area contributed by atoms with Crippen molar-refractivity contribution in [1.82, 2.24) is 0 Å². The predicted octanol–water partition coefficient (Wildman–Crippen LogP) is 4.71. The second-order valence-electron chi connectivity index (χ2n) is 6.25. The van der Waals surface area contributed by atoms with Crippen LogP contribution >= 0.6 is 0 Å². The van der Waals surface area contributed by atoms with Gasteiger partial charge in [0, 0.05) is 19.2 Å². The molecule has 4 rings (SSSR count). The van der Waals surface area contributed by atoms with Crippen molar-refractivity contribution < 1.29 is 18.0 Å². The van der Waals surface area contributed by atoms with Crippen LogP contribution in [0.25, 0.3) is 33.1 Å². The molecule has 1 N–H and O–H groups in total. The fraction of sp³-hybridized carbons (Fsp3) is 0.190. The summed E-state index contributed by atoms with van der Waals surface area (Å²) < 4.78 is 31.2. The number of aryl methyl sites for hydroxylation is 1. The number of hydrogen-bond acceptors (Lipinski definition) is 5. The predicted molar refractivity (Wildman–Crippen MR) is 103 cm³/mol. The summed E-state index contributed by atoms with van der Waals surface area (Å²) in [5, 5.41) is 3.99. The molecule has 2 aromatic carbocycles. The number of fused-ring (bicyclic) bond motifs is 3. The quantitative estimate of drug-likeness (QED) is 0.409. The number of anilines is 1. The molecule has 138 valence electrons. The lowest BCUT2D eigenvalue weighted by Gasteiger charge is -2.06. The Morgan fingerprint density at radius 1 is 1.07 bits per heavy atom. The molecule has 0 bridgehead atoms. The second-order valence-corrected chi connectivity index (χ2v) is 6.25. The zero-order chi connectivity index (χ0) is 19.0. The first-order valence-electron chi connectivity index (χ1n) is 8.58. The van der Waals surface area contributed by atoms with E-state index < -0.39 is 11.4 Å². The van der Waals surface area contributed by atoms with Crippen molar-refractivity contribution >= 4 is 27.8 Å². The molecule has 0 spiro atoms. The van der Waals surface area contributed by atoms with Gasteiger partial charge in [-0.3, -0.25) is 0 Å². The molecule has 6 heteroatoms.